The van der Waals surface area contributed by atoms with E-state index in [4.69, 9.17) is 10.5 Å². The maximum atomic E-state index is 10.8. The molecule has 0 saturated carbocycles. The number of ether oxygens (including phenoxy) is 1. The van der Waals surface area contributed by atoms with Crippen LogP contribution in [0.2, 0.25) is 0 Å². The van der Waals surface area contributed by atoms with Crippen molar-refractivity contribution in [3.8, 4) is 0 Å². The lowest BCUT2D eigenvalue weighted by Gasteiger charge is -2.03. The van der Waals surface area contributed by atoms with Crippen LogP contribution in [0, 0.1) is 5.92 Å². The minimum absolute atomic E-state index is 0.362. The Morgan fingerprint density at radius 3 is 2.55 bits per heavy atom. The van der Waals surface area contributed by atoms with E-state index in [9.17, 15) is 4.79 Å². The maximum Gasteiger partial charge on any atom is 0.332 e. The van der Waals surface area contributed by atoms with E-state index in [0.717, 1.165) is 0 Å². The molecular formula is C8H15NO2. The molecule has 0 spiro atoms. The molecule has 0 aliphatic heterocycles. The van der Waals surface area contributed by atoms with Gasteiger partial charge in [-0.2, -0.15) is 0 Å². The van der Waals surface area contributed by atoms with Crippen molar-refractivity contribution in [1.29, 1.82) is 0 Å². The fraction of sp³-hybridized carbons (Fsp3) is 0.625. The average Bonchev–Trinajstić information content (AvgIpc) is 1.82. The molecule has 0 aromatic rings. The molecule has 0 aliphatic rings. The Morgan fingerprint density at radius 1 is 1.64 bits per heavy atom. The number of rotatable bonds is 3. The van der Waals surface area contributed by atoms with Crippen molar-refractivity contribution in [1.82, 2.24) is 0 Å². The second-order valence-corrected chi connectivity index (χ2v) is 2.91. The number of carbonyl (C=O) groups is 1. The van der Waals surface area contributed by atoms with Gasteiger partial charge in [-0.3, -0.25) is 0 Å². The van der Waals surface area contributed by atoms with Crippen molar-refractivity contribution in [3.63, 3.8) is 0 Å². The van der Waals surface area contributed by atoms with Crippen molar-refractivity contribution >= 4 is 5.97 Å². The summed E-state index contributed by atoms with van der Waals surface area (Å²) in [5.74, 6) is 0.00382. The van der Waals surface area contributed by atoms with Gasteiger partial charge in [-0.25, -0.2) is 4.79 Å². The molecule has 0 atom stereocenters. The molecule has 3 heteroatoms. The predicted molar refractivity (Wildman–Crippen MR) is 43.7 cm³/mol. The molecule has 0 heterocycles. The fourth-order valence-electron chi connectivity index (χ4n) is 0.476. The van der Waals surface area contributed by atoms with Crippen LogP contribution in [-0.4, -0.2) is 12.6 Å². The van der Waals surface area contributed by atoms with E-state index in [1.165, 1.54) is 6.08 Å². The summed E-state index contributed by atoms with van der Waals surface area (Å²) in [5.41, 5.74) is 5.73. The highest BCUT2D eigenvalue weighted by molar-refractivity contribution is 5.82. The topological polar surface area (TPSA) is 52.3 Å². The Kier molecular flexibility index (Phi) is 4.34. The molecule has 0 aromatic carbocycles. The fourth-order valence-corrected chi connectivity index (χ4v) is 0.476. The minimum atomic E-state index is -0.362. The lowest BCUT2D eigenvalue weighted by molar-refractivity contribution is -0.138. The number of carbonyl (C=O) groups excluding carboxylic acids is 1. The van der Waals surface area contributed by atoms with Crippen molar-refractivity contribution in [3.05, 3.63) is 11.8 Å². The first kappa shape index (κ1) is 10.0. The third-order valence-electron chi connectivity index (χ3n) is 0.904. The molecule has 3 nitrogen and oxygen atoms in total. The van der Waals surface area contributed by atoms with Gasteiger partial charge in [0.15, 0.2) is 0 Å². The van der Waals surface area contributed by atoms with E-state index < -0.39 is 0 Å². The van der Waals surface area contributed by atoms with Crippen LogP contribution in [-0.2, 0) is 9.53 Å². The summed E-state index contributed by atoms with van der Waals surface area (Å²) in [4.78, 5) is 10.8. The number of esters is 1. The van der Waals surface area contributed by atoms with Crippen LogP contribution in [0.15, 0.2) is 11.8 Å². The molecule has 0 amide bonds. The van der Waals surface area contributed by atoms with Crippen molar-refractivity contribution < 1.29 is 9.53 Å². The first-order valence-corrected chi connectivity index (χ1v) is 3.63. The van der Waals surface area contributed by atoms with Gasteiger partial charge >= 0.3 is 5.97 Å². The molecule has 0 aliphatic carbocycles. The van der Waals surface area contributed by atoms with Gasteiger partial charge in [-0.1, -0.05) is 13.8 Å². The number of nitrogens with two attached hydrogens (primary N) is 1. The van der Waals surface area contributed by atoms with E-state index in [2.05, 4.69) is 0 Å². The molecular weight excluding hydrogens is 142 g/mol. The summed E-state index contributed by atoms with van der Waals surface area (Å²) < 4.78 is 4.82. The molecule has 0 fully saturated rings. The SMILES string of the molecule is C/C(N)=C\C(=O)OCC(C)C. The Labute approximate surface area is 67.2 Å². The van der Waals surface area contributed by atoms with Crippen LogP contribution in [0.3, 0.4) is 0 Å². The van der Waals surface area contributed by atoms with Gasteiger partial charge in [0.1, 0.15) is 0 Å². The van der Waals surface area contributed by atoms with Crippen LogP contribution in [0.4, 0.5) is 0 Å². The maximum absolute atomic E-state index is 10.8. The van der Waals surface area contributed by atoms with Crippen LogP contribution >= 0.6 is 0 Å². The molecule has 0 aromatic heterocycles. The summed E-state index contributed by atoms with van der Waals surface area (Å²) in [7, 11) is 0. The zero-order chi connectivity index (χ0) is 8.85. The highest BCUT2D eigenvalue weighted by Gasteiger charge is 1.99. The minimum Gasteiger partial charge on any atom is -0.462 e. The Balaban J connectivity index is 3.63. The zero-order valence-electron chi connectivity index (χ0n) is 7.26. The van der Waals surface area contributed by atoms with Crippen LogP contribution in [0.25, 0.3) is 0 Å². The quantitative estimate of drug-likeness (QED) is 0.492. The summed E-state index contributed by atoms with van der Waals surface area (Å²) in [5, 5.41) is 0. The van der Waals surface area contributed by atoms with Gasteiger partial charge in [0.25, 0.3) is 0 Å². The summed E-state index contributed by atoms with van der Waals surface area (Å²) in [6.45, 7) is 6.05. The molecule has 2 N–H and O–H groups in total. The molecule has 0 saturated heterocycles. The zero-order valence-corrected chi connectivity index (χ0v) is 7.26. The monoisotopic (exact) mass is 157 g/mol. The first-order valence-electron chi connectivity index (χ1n) is 3.63. The third-order valence-corrected chi connectivity index (χ3v) is 0.904. The van der Waals surface area contributed by atoms with Gasteiger partial charge < -0.3 is 10.5 Å². The first-order chi connectivity index (χ1) is 5.02. The normalized spacial score (nSPS) is 11.8. The highest BCUT2D eigenvalue weighted by Crippen LogP contribution is 1.94. The lowest BCUT2D eigenvalue weighted by atomic mass is 10.2. The second kappa shape index (κ2) is 4.77. The van der Waals surface area contributed by atoms with Gasteiger partial charge in [0, 0.05) is 11.8 Å². The second-order valence-electron chi connectivity index (χ2n) is 2.91. The Morgan fingerprint density at radius 2 is 2.18 bits per heavy atom. The van der Waals surface area contributed by atoms with E-state index in [0.29, 0.717) is 18.2 Å². The van der Waals surface area contributed by atoms with Crippen molar-refractivity contribution in [2.75, 3.05) is 6.61 Å². The molecule has 64 valence electrons. The smallest absolute Gasteiger partial charge is 0.332 e. The van der Waals surface area contributed by atoms with E-state index in [1.54, 1.807) is 6.92 Å². The average molecular weight is 157 g/mol. The standard InChI is InChI=1S/C8H15NO2/c1-6(2)5-11-8(10)4-7(3)9/h4,6H,5,9H2,1-3H3/b7-4+. The van der Waals surface area contributed by atoms with E-state index in [1.807, 2.05) is 13.8 Å². The lowest BCUT2D eigenvalue weighted by Crippen LogP contribution is -2.08. The number of allylic oxidation sites excluding steroid dienone is 1. The molecule has 0 bridgehead atoms. The Hall–Kier alpha value is -0.990. The van der Waals surface area contributed by atoms with Crippen molar-refractivity contribution in [2.24, 2.45) is 11.7 Å². The molecule has 0 unspecified atom stereocenters. The van der Waals surface area contributed by atoms with Crippen molar-refractivity contribution in [2.45, 2.75) is 20.8 Å². The van der Waals surface area contributed by atoms with Gasteiger partial charge in [-0.05, 0) is 12.8 Å². The largest absolute Gasteiger partial charge is 0.462 e. The van der Waals surface area contributed by atoms with Crippen LogP contribution in [0.1, 0.15) is 20.8 Å². The van der Waals surface area contributed by atoms with Crippen LogP contribution in [0.5, 0.6) is 0 Å². The third kappa shape index (κ3) is 6.90. The molecule has 0 rings (SSSR count). The van der Waals surface area contributed by atoms with E-state index >= 15 is 0 Å². The van der Waals surface area contributed by atoms with Gasteiger partial charge in [0.2, 0.25) is 0 Å². The summed E-state index contributed by atoms with van der Waals surface area (Å²) in [6.07, 6.45) is 1.28. The number of hydrogen-bond donors (Lipinski definition) is 1. The Bertz CT molecular complexity index is 157. The number of hydrogen-bond acceptors (Lipinski definition) is 3. The summed E-state index contributed by atoms with van der Waals surface area (Å²) in [6, 6.07) is 0. The van der Waals surface area contributed by atoms with Gasteiger partial charge in [-0.15, -0.1) is 0 Å². The van der Waals surface area contributed by atoms with Gasteiger partial charge in [0.05, 0.1) is 6.61 Å². The summed E-state index contributed by atoms with van der Waals surface area (Å²) >= 11 is 0. The van der Waals surface area contributed by atoms with E-state index in [-0.39, 0.29) is 5.97 Å². The molecule has 0 radical (unpaired) electrons. The van der Waals surface area contributed by atoms with Crippen LogP contribution < -0.4 is 5.73 Å². The highest BCUT2D eigenvalue weighted by atomic mass is 16.5. The molecule has 11 heavy (non-hydrogen) atoms. The predicted octanol–water partition coefficient (Wildman–Crippen LogP) is 1.05.